The number of hydrogen-bond acceptors (Lipinski definition) is 2. The molecule has 2 aromatic heterocycles. The monoisotopic (exact) mass is 322 g/mol. The van der Waals surface area contributed by atoms with Crippen molar-refractivity contribution in [2.45, 2.75) is 26.6 Å². The number of imidazole rings is 1. The molecule has 19 heavy (non-hydrogen) atoms. The van der Waals surface area contributed by atoms with Crippen LogP contribution in [0.25, 0.3) is 0 Å². The smallest absolute Gasteiger partial charge is 0.270 e. The summed E-state index contributed by atoms with van der Waals surface area (Å²) in [5, 5.41) is 0. The Kier molecular flexibility index (Phi) is 3.18. The minimum Gasteiger partial charge on any atom is -0.343 e. The fraction of sp³-hybridized carbons (Fsp3) is 0.385. The normalized spacial score (nSPS) is 14.5. The standard InChI is InChI=1S/C13H15BrN4O/c1-2-16-8-10(14)7-11(16)13(19)18-6-5-17-4-3-15-12(17)9-18/h3-4,7-8H,2,5-6,9H2,1H3. The molecule has 0 N–H and O–H groups in total. The molecule has 0 saturated heterocycles. The Morgan fingerprint density at radius 1 is 1.47 bits per heavy atom. The molecular weight excluding hydrogens is 308 g/mol. The number of nitrogens with zero attached hydrogens (tertiary/aromatic N) is 4. The lowest BCUT2D eigenvalue weighted by Crippen LogP contribution is -2.39. The van der Waals surface area contributed by atoms with E-state index in [1.165, 1.54) is 0 Å². The SMILES string of the molecule is CCn1cc(Br)cc1C(=O)N1CCn2ccnc2C1. The van der Waals surface area contributed by atoms with Gasteiger partial charge in [0.1, 0.15) is 11.5 Å². The van der Waals surface area contributed by atoms with Gasteiger partial charge in [0.15, 0.2) is 0 Å². The van der Waals surface area contributed by atoms with Crippen molar-refractivity contribution in [1.82, 2.24) is 19.0 Å². The van der Waals surface area contributed by atoms with Gasteiger partial charge in [-0.2, -0.15) is 0 Å². The van der Waals surface area contributed by atoms with Gasteiger partial charge in [0.05, 0.1) is 6.54 Å². The number of halogens is 1. The number of fused-ring (bicyclic) bond motifs is 1. The maximum Gasteiger partial charge on any atom is 0.270 e. The average Bonchev–Trinajstić information content (AvgIpc) is 3.02. The summed E-state index contributed by atoms with van der Waals surface area (Å²) in [6, 6.07) is 1.88. The molecule has 0 unspecified atom stereocenters. The van der Waals surface area contributed by atoms with Gasteiger partial charge < -0.3 is 14.0 Å². The molecule has 1 aliphatic heterocycles. The Labute approximate surface area is 120 Å². The predicted molar refractivity (Wildman–Crippen MR) is 74.8 cm³/mol. The van der Waals surface area contributed by atoms with E-state index in [4.69, 9.17) is 0 Å². The zero-order chi connectivity index (χ0) is 13.4. The second-order valence-corrected chi connectivity index (χ2v) is 5.51. The minimum atomic E-state index is 0.0711. The first-order valence-corrected chi connectivity index (χ1v) is 7.13. The van der Waals surface area contributed by atoms with E-state index in [0.29, 0.717) is 6.54 Å². The number of hydrogen-bond donors (Lipinski definition) is 0. The Morgan fingerprint density at radius 3 is 3.11 bits per heavy atom. The number of aryl methyl sites for hydroxylation is 1. The third-order valence-corrected chi connectivity index (χ3v) is 3.89. The molecule has 100 valence electrons. The molecule has 0 spiro atoms. The maximum atomic E-state index is 12.6. The van der Waals surface area contributed by atoms with E-state index in [0.717, 1.165) is 35.6 Å². The van der Waals surface area contributed by atoms with Crippen molar-refractivity contribution in [2.24, 2.45) is 0 Å². The topological polar surface area (TPSA) is 43.1 Å². The largest absolute Gasteiger partial charge is 0.343 e. The third-order valence-electron chi connectivity index (χ3n) is 3.46. The van der Waals surface area contributed by atoms with Crippen LogP contribution in [0.4, 0.5) is 0 Å². The Morgan fingerprint density at radius 2 is 2.32 bits per heavy atom. The molecule has 0 saturated carbocycles. The molecule has 3 heterocycles. The van der Waals surface area contributed by atoms with Crippen molar-refractivity contribution >= 4 is 21.8 Å². The average molecular weight is 323 g/mol. The zero-order valence-corrected chi connectivity index (χ0v) is 12.3. The van der Waals surface area contributed by atoms with Crippen LogP contribution in [0.1, 0.15) is 23.2 Å². The van der Waals surface area contributed by atoms with Gasteiger partial charge in [0.25, 0.3) is 5.91 Å². The molecule has 0 fully saturated rings. The van der Waals surface area contributed by atoms with Crippen LogP contribution >= 0.6 is 15.9 Å². The van der Waals surface area contributed by atoms with Crippen LogP contribution < -0.4 is 0 Å². The highest BCUT2D eigenvalue weighted by atomic mass is 79.9. The van der Waals surface area contributed by atoms with Crippen LogP contribution in [0.5, 0.6) is 0 Å². The van der Waals surface area contributed by atoms with E-state index in [9.17, 15) is 4.79 Å². The molecule has 5 nitrogen and oxygen atoms in total. The summed E-state index contributed by atoms with van der Waals surface area (Å²) < 4.78 is 5.00. The van der Waals surface area contributed by atoms with Crippen molar-refractivity contribution in [3.63, 3.8) is 0 Å². The van der Waals surface area contributed by atoms with E-state index < -0.39 is 0 Å². The van der Waals surface area contributed by atoms with Gasteiger partial charge in [0.2, 0.25) is 0 Å². The molecule has 0 atom stereocenters. The number of aromatic nitrogens is 3. The fourth-order valence-corrected chi connectivity index (χ4v) is 2.89. The van der Waals surface area contributed by atoms with Crippen molar-refractivity contribution in [3.8, 4) is 0 Å². The lowest BCUT2D eigenvalue weighted by molar-refractivity contribution is 0.0696. The molecule has 0 aliphatic carbocycles. The fourth-order valence-electron chi connectivity index (χ4n) is 2.42. The number of amides is 1. The molecule has 1 aliphatic rings. The second-order valence-electron chi connectivity index (χ2n) is 4.59. The first-order valence-electron chi connectivity index (χ1n) is 6.34. The summed E-state index contributed by atoms with van der Waals surface area (Å²) in [6.07, 6.45) is 5.69. The third kappa shape index (κ3) is 2.20. The van der Waals surface area contributed by atoms with Crippen molar-refractivity contribution in [2.75, 3.05) is 6.54 Å². The number of carbonyl (C=O) groups is 1. The van der Waals surface area contributed by atoms with E-state index in [2.05, 4.69) is 25.5 Å². The Bertz CT molecular complexity index is 616. The van der Waals surface area contributed by atoms with Gasteiger partial charge in [0, 0.05) is 42.7 Å². The highest BCUT2D eigenvalue weighted by molar-refractivity contribution is 9.10. The second kappa shape index (κ2) is 4.85. The van der Waals surface area contributed by atoms with Crippen LogP contribution in [0, 0.1) is 0 Å². The summed E-state index contributed by atoms with van der Waals surface area (Å²) in [5.41, 5.74) is 0.731. The molecular formula is C13H15BrN4O. The summed E-state index contributed by atoms with van der Waals surface area (Å²) in [7, 11) is 0. The van der Waals surface area contributed by atoms with Crippen LogP contribution in [0.15, 0.2) is 29.1 Å². The minimum absolute atomic E-state index is 0.0711. The van der Waals surface area contributed by atoms with E-state index >= 15 is 0 Å². The van der Waals surface area contributed by atoms with Gasteiger partial charge in [-0.3, -0.25) is 4.79 Å². The van der Waals surface area contributed by atoms with Crippen LogP contribution in [-0.2, 0) is 19.6 Å². The molecule has 3 rings (SSSR count). The highest BCUT2D eigenvalue weighted by Gasteiger charge is 2.24. The van der Waals surface area contributed by atoms with Crippen LogP contribution in [0.2, 0.25) is 0 Å². The van der Waals surface area contributed by atoms with Gasteiger partial charge >= 0.3 is 0 Å². The molecule has 1 amide bonds. The van der Waals surface area contributed by atoms with Gasteiger partial charge in [-0.25, -0.2) is 4.98 Å². The lowest BCUT2D eigenvalue weighted by Gasteiger charge is -2.27. The van der Waals surface area contributed by atoms with Crippen LogP contribution in [0.3, 0.4) is 0 Å². The lowest BCUT2D eigenvalue weighted by atomic mass is 10.3. The number of carbonyl (C=O) groups excluding carboxylic acids is 1. The van der Waals surface area contributed by atoms with Gasteiger partial charge in [-0.1, -0.05) is 0 Å². The van der Waals surface area contributed by atoms with Crippen molar-refractivity contribution < 1.29 is 4.79 Å². The molecule has 0 aromatic carbocycles. The first-order chi connectivity index (χ1) is 9.19. The summed E-state index contributed by atoms with van der Waals surface area (Å²) in [4.78, 5) is 18.7. The number of rotatable bonds is 2. The van der Waals surface area contributed by atoms with E-state index in [1.54, 1.807) is 6.20 Å². The predicted octanol–water partition coefficient (Wildman–Crippen LogP) is 2.12. The molecule has 0 radical (unpaired) electrons. The van der Waals surface area contributed by atoms with E-state index in [-0.39, 0.29) is 5.91 Å². The molecule has 2 aromatic rings. The van der Waals surface area contributed by atoms with Crippen LogP contribution in [-0.4, -0.2) is 31.5 Å². The van der Waals surface area contributed by atoms with Gasteiger partial charge in [-0.15, -0.1) is 0 Å². The van der Waals surface area contributed by atoms with Gasteiger partial charge in [-0.05, 0) is 28.9 Å². The Balaban J connectivity index is 1.85. The maximum absolute atomic E-state index is 12.6. The van der Waals surface area contributed by atoms with Crippen molar-refractivity contribution in [1.29, 1.82) is 0 Å². The first kappa shape index (κ1) is 12.5. The Hall–Kier alpha value is -1.56. The van der Waals surface area contributed by atoms with Crippen molar-refractivity contribution in [3.05, 3.63) is 40.6 Å². The molecule has 0 bridgehead atoms. The molecule has 6 heteroatoms. The summed E-state index contributed by atoms with van der Waals surface area (Å²) >= 11 is 3.43. The highest BCUT2D eigenvalue weighted by Crippen LogP contribution is 2.19. The summed E-state index contributed by atoms with van der Waals surface area (Å²) in [6.45, 7) is 4.95. The summed E-state index contributed by atoms with van der Waals surface area (Å²) in [5.74, 6) is 1.02. The quantitative estimate of drug-likeness (QED) is 0.850. The zero-order valence-electron chi connectivity index (χ0n) is 10.7. The van der Waals surface area contributed by atoms with E-state index in [1.807, 2.05) is 34.9 Å².